The number of esters is 1. The maximum absolute atomic E-state index is 14.0. The van der Waals surface area contributed by atoms with E-state index in [1.54, 1.807) is 32.9 Å². The smallest absolute Gasteiger partial charge is 0.408 e. The molecule has 0 spiro atoms. The van der Waals surface area contributed by atoms with Crippen molar-refractivity contribution >= 4 is 29.8 Å². The second-order valence-electron chi connectivity index (χ2n) is 10.1. The second-order valence-corrected chi connectivity index (χ2v) is 10.1. The van der Waals surface area contributed by atoms with Gasteiger partial charge in [-0.15, -0.1) is 0 Å². The number of hydrogen-bond acceptors (Lipinski definition) is 7. The molecule has 0 saturated carbocycles. The summed E-state index contributed by atoms with van der Waals surface area (Å²) in [4.78, 5) is 65.0. The lowest BCUT2D eigenvalue weighted by Gasteiger charge is -2.35. The minimum Gasteiger partial charge on any atom is -0.468 e. The highest BCUT2D eigenvalue weighted by Crippen LogP contribution is 2.28. The molecule has 0 aromatic heterocycles. The van der Waals surface area contributed by atoms with Gasteiger partial charge >= 0.3 is 12.1 Å². The molecule has 11 nitrogen and oxygen atoms in total. The minimum atomic E-state index is -1.37. The number of nitrogens with two attached hydrogens (primary N) is 1. The monoisotopic (exact) mass is 534 g/mol. The van der Waals surface area contributed by atoms with Crippen molar-refractivity contribution in [2.24, 2.45) is 5.73 Å². The van der Waals surface area contributed by atoms with Gasteiger partial charge in [-0.1, -0.05) is 38.0 Å². The van der Waals surface area contributed by atoms with Gasteiger partial charge in [0.2, 0.25) is 17.7 Å². The van der Waals surface area contributed by atoms with Gasteiger partial charge < -0.3 is 30.7 Å². The number of nitrogens with one attached hydrogen (secondary N) is 2. The van der Waals surface area contributed by atoms with Gasteiger partial charge in [0.1, 0.15) is 24.2 Å². The molecule has 0 bridgehead atoms. The number of nitrogens with zero attached hydrogens (tertiary/aromatic N) is 1. The number of methoxy groups -OCH3 is 1. The van der Waals surface area contributed by atoms with Crippen LogP contribution in [0.3, 0.4) is 0 Å². The van der Waals surface area contributed by atoms with E-state index >= 15 is 0 Å². The number of unbranched alkanes of at least 4 members (excludes halogenated alkanes) is 2. The van der Waals surface area contributed by atoms with Crippen molar-refractivity contribution in [3.05, 3.63) is 34.9 Å². The lowest BCUT2D eigenvalue weighted by Crippen LogP contribution is -2.54. The van der Waals surface area contributed by atoms with E-state index in [9.17, 15) is 24.0 Å². The molecular formula is C27H42N4O7. The van der Waals surface area contributed by atoms with E-state index in [2.05, 4.69) is 15.4 Å². The summed E-state index contributed by atoms with van der Waals surface area (Å²) >= 11 is 0. The number of carbonyl (C=O) groups is 5. The van der Waals surface area contributed by atoms with Crippen molar-refractivity contribution in [3.8, 4) is 0 Å². The number of amides is 4. The zero-order valence-electron chi connectivity index (χ0n) is 23.5. The highest BCUT2D eigenvalue weighted by molar-refractivity contribution is 5.95. The summed E-state index contributed by atoms with van der Waals surface area (Å²) in [5, 5.41) is 4.99. The Balaban J connectivity index is 3.58. The van der Waals surface area contributed by atoms with Crippen molar-refractivity contribution in [1.82, 2.24) is 15.5 Å². The minimum absolute atomic E-state index is 0.154. The third-order valence-corrected chi connectivity index (χ3v) is 5.82. The quantitative estimate of drug-likeness (QED) is 0.259. The molecule has 0 fully saturated rings. The standard InChI is InChI=1S/C27H42N4O7/c1-8-9-10-14-31(25(35)20(15-21(28)32)30-26(36)38-27(4,5)6)23(24(34)29-16-22(33)37-7)19-13-11-12-17(2)18(19)3/h11-13,20,23H,8-10,14-16H2,1-7H3,(H2,28,32)(H,29,34)(H,30,36). The Labute approximate surface area is 224 Å². The van der Waals surface area contributed by atoms with Gasteiger partial charge in [0.05, 0.1) is 13.5 Å². The zero-order valence-corrected chi connectivity index (χ0v) is 23.5. The number of benzene rings is 1. The number of carbonyl (C=O) groups excluding carboxylic acids is 5. The van der Waals surface area contributed by atoms with E-state index in [1.165, 1.54) is 12.0 Å². The highest BCUT2D eigenvalue weighted by Gasteiger charge is 2.37. The van der Waals surface area contributed by atoms with Crippen LogP contribution in [0.4, 0.5) is 4.79 Å². The fourth-order valence-electron chi connectivity index (χ4n) is 3.80. The molecule has 0 aliphatic heterocycles. The number of aryl methyl sites for hydroxylation is 1. The van der Waals surface area contributed by atoms with Crippen molar-refractivity contribution in [3.63, 3.8) is 0 Å². The van der Waals surface area contributed by atoms with Gasteiger partial charge in [-0.25, -0.2) is 4.79 Å². The average molecular weight is 535 g/mol. The lowest BCUT2D eigenvalue weighted by molar-refractivity contribution is -0.145. The SMILES string of the molecule is CCCCCN(C(=O)C(CC(N)=O)NC(=O)OC(C)(C)C)C(C(=O)NCC(=O)OC)c1cccc(C)c1C. The molecule has 1 rings (SSSR count). The highest BCUT2D eigenvalue weighted by atomic mass is 16.6. The summed E-state index contributed by atoms with van der Waals surface area (Å²) in [7, 11) is 1.20. The number of alkyl carbamates (subject to hydrolysis) is 1. The van der Waals surface area contributed by atoms with E-state index in [4.69, 9.17) is 10.5 Å². The van der Waals surface area contributed by atoms with Crippen LogP contribution in [-0.4, -0.2) is 66.5 Å². The van der Waals surface area contributed by atoms with Crippen LogP contribution in [0.15, 0.2) is 18.2 Å². The first-order chi connectivity index (χ1) is 17.7. The molecule has 38 heavy (non-hydrogen) atoms. The average Bonchev–Trinajstić information content (AvgIpc) is 2.81. The molecule has 1 aromatic rings. The molecule has 0 radical (unpaired) electrons. The Morgan fingerprint density at radius 1 is 1.08 bits per heavy atom. The molecule has 212 valence electrons. The van der Waals surface area contributed by atoms with Crippen LogP contribution < -0.4 is 16.4 Å². The van der Waals surface area contributed by atoms with Crippen LogP contribution in [0, 0.1) is 13.8 Å². The third kappa shape index (κ3) is 10.4. The number of rotatable bonds is 13. The first-order valence-electron chi connectivity index (χ1n) is 12.7. The van der Waals surface area contributed by atoms with Gasteiger partial charge in [0.25, 0.3) is 0 Å². The van der Waals surface area contributed by atoms with E-state index in [-0.39, 0.29) is 6.54 Å². The van der Waals surface area contributed by atoms with Crippen LogP contribution in [0.2, 0.25) is 0 Å². The predicted molar refractivity (Wildman–Crippen MR) is 142 cm³/mol. The fourth-order valence-corrected chi connectivity index (χ4v) is 3.80. The maximum Gasteiger partial charge on any atom is 0.408 e. The topological polar surface area (TPSA) is 157 Å². The Bertz CT molecular complexity index is 1000. The summed E-state index contributed by atoms with van der Waals surface area (Å²) < 4.78 is 9.91. The van der Waals surface area contributed by atoms with Gasteiger partial charge in [-0.3, -0.25) is 19.2 Å². The van der Waals surface area contributed by atoms with Crippen LogP contribution in [0.1, 0.15) is 76.1 Å². The molecule has 0 aliphatic carbocycles. The van der Waals surface area contributed by atoms with Gasteiger partial charge in [-0.05, 0) is 57.7 Å². The Kier molecular flexibility index (Phi) is 12.7. The second kappa shape index (κ2) is 14.9. The molecule has 4 amide bonds. The summed E-state index contributed by atoms with van der Waals surface area (Å²) in [5.74, 6) is -2.75. The molecule has 2 unspecified atom stereocenters. The Morgan fingerprint density at radius 3 is 2.29 bits per heavy atom. The first-order valence-corrected chi connectivity index (χ1v) is 12.7. The Hall–Kier alpha value is -3.63. The van der Waals surface area contributed by atoms with E-state index < -0.39 is 60.4 Å². The lowest BCUT2D eigenvalue weighted by atomic mass is 9.94. The zero-order chi connectivity index (χ0) is 29.0. The van der Waals surface area contributed by atoms with Gasteiger partial charge in [-0.2, -0.15) is 0 Å². The van der Waals surface area contributed by atoms with Crippen molar-refractivity contribution < 1.29 is 33.4 Å². The first kappa shape index (κ1) is 32.4. The Morgan fingerprint density at radius 2 is 1.74 bits per heavy atom. The maximum atomic E-state index is 14.0. The summed E-state index contributed by atoms with van der Waals surface area (Å²) in [5.41, 5.74) is 6.79. The summed E-state index contributed by atoms with van der Waals surface area (Å²) in [6.45, 7) is 10.5. The van der Waals surface area contributed by atoms with Gasteiger partial charge in [0.15, 0.2) is 0 Å². The van der Waals surface area contributed by atoms with Crippen molar-refractivity contribution in [2.75, 3.05) is 20.2 Å². The molecule has 0 aliphatic rings. The van der Waals surface area contributed by atoms with E-state index in [1.807, 2.05) is 26.8 Å². The molecule has 4 N–H and O–H groups in total. The van der Waals surface area contributed by atoms with Crippen LogP contribution in [0.5, 0.6) is 0 Å². The normalized spacial score (nSPS) is 12.6. The molecule has 1 aromatic carbocycles. The van der Waals surface area contributed by atoms with Crippen LogP contribution >= 0.6 is 0 Å². The largest absolute Gasteiger partial charge is 0.468 e. The van der Waals surface area contributed by atoms with E-state index in [0.717, 1.165) is 24.0 Å². The molecule has 11 heteroatoms. The molecular weight excluding hydrogens is 492 g/mol. The molecule has 2 atom stereocenters. The van der Waals surface area contributed by atoms with Crippen molar-refractivity contribution in [2.45, 2.75) is 84.9 Å². The molecule has 0 heterocycles. The summed E-state index contributed by atoms with van der Waals surface area (Å²) in [6.07, 6.45) is 0.789. The number of ether oxygens (including phenoxy) is 2. The fraction of sp³-hybridized carbons (Fsp3) is 0.593. The third-order valence-electron chi connectivity index (χ3n) is 5.82. The van der Waals surface area contributed by atoms with Crippen LogP contribution in [-0.2, 0) is 28.7 Å². The number of primary amides is 1. The van der Waals surface area contributed by atoms with Crippen molar-refractivity contribution in [1.29, 1.82) is 0 Å². The van der Waals surface area contributed by atoms with Crippen LogP contribution in [0.25, 0.3) is 0 Å². The predicted octanol–water partition coefficient (Wildman–Crippen LogP) is 2.42. The number of hydrogen-bond donors (Lipinski definition) is 3. The summed E-state index contributed by atoms with van der Waals surface area (Å²) in [6, 6.07) is 2.86. The molecule has 0 saturated heterocycles. The van der Waals surface area contributed by atoms with E-state index in [0.29, 0.717) is 12.0 Å². The van der Waals surface area contributed by atoms with Gasteiger partial charge in [0, 0.05) is 6.54 Å².